The molecule has 9 heteroatoms. The van der Waals surface area contributed by atoms with Crippen molar-refractivity contribution in [1.29, 1.82) is 5.26 Å². The SMILES string of the molecule is N#CC(C1=NC(=O)C(=Cc2ccc([N+](=O)[O-])o2)S1)=P(c1ccccc1)(c1ccccc1)c1ccccc1. The van der Waals surface area contributed by atoms with Crippen molar-refractivity contribution in [2.45, 2.75) is 0 Å². The standard InChI is InChI=1S/C28H18N3O4PS/c29-19-24(28-30-27(32)25(37-28)18-20-16-17-26(35-20)31(33)34)36(21-10-4-1-5-11-21,22-12-6-2-7-13-22)23-14-8-3-9-15-23/h1-18H. The summed E-state index contributed by atoms with van der Waals surface area (Å²) in [4.78, 5) is 27.8. The Morgan fingerprint density at radius 1 is 0.892 bits per heavy atom. The van der Waals surface area contributed by atoms with Crippen molar-refractivity contribution in [3.8, 4) is 6.07 Å². The number of nitrogens with zero attached hydrogens (tertiary/aromatic N) is 3. The quantitative estimate of drug-likeness (QED) is 0.154. The van der Waals surface area contributed by atoms with Gasteiger partial charge in [-0.3, -0.25) is 14.9 Å². The lowest BCUT2D eigenvalue weighted by molar-refractivity contribution is -0.402. The lowest BCUT2D eigenvalue weighted by Gasteiger charge is -2.30. The minimum absolute atomic E-state index is 0.160. The van der Waals surface area contributed by atoms with E-state index < -0.39 is 23.6 Å². The van der Waals surface area contributed by atoms with Crippen LogP contribution in [0, 0.1) is 21.4 Å². The van der Waals surface area contributed by atoms with Crippen molar-refractivity contribution in [3.05, 3.63) is 124 Å². The predicted molar refractivity (Wildman–Crippen MR) is 149 cm³/mol. The second kappa shape index (κ2) is 10.3. The monoisotopic (exact) mass is 523 g/mol. The number of carbonyl (C=O) groups excluding carboxylic acids is 1. The van der Waals surface area contributed by atoms with E-state index in [9.17, 15) is 20.2 Å². The van der Waals surface area contributed by atoms with Gasteiger partial charge < -0.3 is 4.42 Å². The Balaban J connectivity index is 1.77. The van der Waals surface area contributed by atoms with Gasteiger partial charge in [0.2, 0.25) is 0 Å². The van der Waals surface area contributed by atoms with Crippen LogP contribution in [0.4, 0.5) is 5.88 Å². The minimum Gasteiger partial charge on any atom is -0.401 e. The Hall–Kier alpha value is -4.44. The molecule has 0 unspecified atom stereocenters. The zero-order valence-electron chi connectivity index (χ0n) is 19.2. The summed E-state index contributed by atoms with van der Waals surface area (Å²) in [6.45, 7) is -2.75. The van der Waals surface area contributed by atoms with Crippen LogP contribution >= 0.6 is 18.6 Å². The molecule has 0 saturated carbocycles. The summed E-state index contributed by atoms with van der Waals surface area (Å²) in [5, 5.41) is 25.2. The summed E-state index contributed by atoms with van der Waals surface area (Å²) in [7, 11) is 0. The van der Waals surface area contributed by atoms with Gasteiger partial charge in [-0.1, -0.05) is 103 Å². The third-order valence-electron chi connectivity index (χ3n) is 5.76. The highest BCUT2D eigenvalue weighted by Gasteiger charge is 2.36. The van der Waals surface area contributed by atoms with Crippen LogP contribution in [0.5, 0.6) is 0 Å². The Kier molecular flexibility index (Phi) is 6.74. The number of thioether (sulfide) groups is 1. The summed E-state index contributed by atoms with van der Waals surface area (Å²) in [5.41, 5.74) is 0. The number of benzene rings is 3. The van der Waals surface area contributed by atoms with Crippen LogP contribution < -0.4 is 15.9 Å². The molecule has 0 fully saturated rings. The van der Waals surface area contributed by atoms with Gasteiger partial charge in [0.25, 0.3) is 5.91 Å². The molecule has 0 N–H and O–H groups in total. The molecule has 1 aliphatic heterocycles. The van der Waals surface area contributed by atoms with Crippen LogP contribution in [0.2, 0.25) is 0 Å². The van der Waals surface area contributed by atoms with Gasteiger partial charge in [0.05, 0.1) is 16.3 Å². The first-order chi connectivity index (χ1) is 18.0. The van der Waals surface area contributed by atoms with E-state index in [1.165, 1.54) is 18.2 Å². The maximum Gasteiger partial charge on any atom is 0.433 e. The first-order valence-corrected chi connectivity index (χ1v) is 13.8. The lowest BCUT2D eigenvalue weighted by Crippen LogP contribution is -2.32. The molecule has 0 radical (unpaired) electrons. The molecule has 2 heterocycles. The largest absolute Gasteiger partial charge is 0.433 e. The summed E-state index contributed by atoms with van der Waals surface area (Å²) < 4.78 is 5.20. The summed E-state index contributed by atoms with van der Waals surface area (Å²) in [6.07, 6.45) is 1.42. The van der Waals surface area contributed by atoms with Crippen LogP contribution in [0.25, 0.3) is 6.08 Å². The Morgan fingerprint density at radius 3 is 1.84 bits per heavy atom. The zero-order valence-corrected chi connectivity index (χ0v) is 20.9. The number of hydrogen-bond acceptors (Lipinski definition) is 6. The van der Waals surface area contributed by atoms with Crippen molar-refractivity contribution in [1.82, 2.24) is 0 Å². The molecule has 1 amide bonds. The van der Waals surface area contributed by atoms with Gasteiger partial charge in [0, 0.05) is 6.08 Å². The number of hydrogen-bond donors (Lipinski definition) is 0. The molecule has 7 nitrogen and oxygen atoms in total. The van der Waals surface area contributed by atoms with Crippen LogP contribution in [0.1, 0.15) is 5.76 Å². The number of amides is 1. The highest BCUT2D eigenvalue weighted by Crippen LogP contribution is 2.48. The number of aliphatic imine (C=N–C) groups is 1. The summed E-state index contributed by atoms with van der Waals surface area (Å²) in [5.74, 6) is -0.790. The van der Waals surface area contributed by atoms with Crippen molar-refractivity contribution in [3.63, 3.8) is 0 Å². The van der Waals surface area contributed by atoms with E-state index in [0.717, 1.165) is 27.7 Å². The van der Waals surface area contributed by atoms with Gasteiger partial charge in [-0.2, -0.15) is 5.26 Å². The maximum absolute atomic E-state index is 12.9. The summed E-state index contributed by atoms with van der Waals surface area (Å²) in [6, 6.07) is 34.5. The van der Waals surface area contributed by atoms with Crippen LogP contribution in [0.15, 0.2) is 117 Å². The maximum atomic E-state index is 12.9. The molecule has 0 bridgehead atoms. The molecule has 0 aliphatic carbocycles. The number of carbonyl (C=O) groups is 1. The molecular formula is C28H18N3O4PS. The molecule has 3 aromatic carbocycles. The average Bonchev–Trinajstić information content (AvgIpc) is 3.55. The van der Waals surface area contributed by atoms with Crippen LogP contribution in [-0.4, -0.2) is 21.2 Å². The van der Waals surface area contributed by atoms with Gasteiger partial charge in [-0.05, 0) is 28.9 Å². The lowest BCUT2D eigenvalue weighted by atomic mass is 10.3. The fourth-order valence-electron chi connectivity index (χ4n) is 4.21. The summed E-state index contributed by atoms with van der Waals surface area (Å²) >= 11 is 1.07. The van der Waals surface area contributed by atoms with E-state index in [1.54, 1.807) is 0 Å². The third kappa shape index (κ3) is 4.47. The molecule has 0 saturated heterocycles. The van der Waals surface area contributed by atoms with Gasteiger partial charge in [0.15, 0.2) is 0 Å². The van der Waals surface area contributed by atoms with E-state index >= 15 is 0 Å². The second-order valence-electron chi connectivity index (χ2n) is 7.90. The van der Waals surface area contributed by atoms with Crippen LogP contribution in [0.3, 0.4) is 0 Å². The molecule has 180 valence electrons. The van der Waals surface area contributed by atoms with Crippen LogP contribution in [-0.2, 0) is 4.79 Å². The molecule has 4 aromatic rings. The van der Waals surface area contributed by atoms with Gasteiger partial charge in [-0.15, -0.1) is 0 Å². The topological polar surface area (TPSA) is 110 Å². The molecule has 0 spiro atoms. The number of nitro groups is 1. The number of furan rings is 1. The molecule has 1 aliphatic rings. The smallest absolute Gasteiger partial charge is 0.401 e. The van der Waals surface area contributed by atoms with Gasteiger partial charge >= 0.3 is 5.88 Å². The molecular weight excluding hydrogens is 505 g/mol. The van der Waals surface area contributed by atoms with E-state index in [-0.39, 0.29) is 10.7 Å². The normalized spacial score (nSPS) is 14.3. The zero-order chi connectivity index (χ0) is 25.8. The first-order valence-electron chi connectivity index (χ1n) is 11.1. The highest BCUT2D eigenvalue weighted by atomic mass is 32.2. The molecule has 0 atom stereocenters. The van der Waals surface area contributed by atoms with E-state index in [0.29, 0.717) is 10.3 Å². The minimum atomic E-state index is -2.75. The van der Waals surface area contributed by atoms with Crippen molar-refractivity contribution < 1.29 is 14.1 Å². The van der Waals surface area contributed by atoms with Gasteiger partial charge in [-0.25, -0.2) is 4.99 Å². The Morgan fingerprint density at radius 2 is 1.41 bits per heavy atom. The number of rotatable bonds is 6. The fourth-order valence-corrected chi connectivity index (χ4v) is 9.56. The fraction of sp³-hybridized carbons (Fsp3) is 0. The van der Waals surface area contributed by atoms with Crippen molar-refractivity contribution in [2.24, 2.45) is 4.99 Å². The van der Waals surface area contributed by atoms with Crippen molar-refractivity contribution >= 4 is 62.8 Å². The van der Waals surface area contributed by atoms with E-state index in [1.807, 2.05) is 91.0 Å². The number of nitriles is 1. The molecule has 37 heavy (non-hydrogen) atoms. The molecule has 1 aromatic heterocycles. The second-order valence-corrected chi connectivity index (χ2v) is 12.3. The Bertz CT molecular complexity index is 1550. The predicted octanol–water partition coefficient (Wildman–Crippen LogP) is 4.89. The Labute approximate surface area is 216 Å². The highest BCUT2D eigenvalue weighted by molar-refractivity contribution is 8.22. The molecule has 5 rings (SSSR count). The van der Waals surface area contributed by atoms with Crippen molar-refractivity contribution in [2.75, 3.05) is 0 Å². The average molecular weight is 524 g/mol. The first kappa shape index (κ1) is 24.3. The van der Waals surface area contributed by atoms with E-state index in [4.69, 9.17) is 4.42 Å². The third-order valence-corrected chi connectivity index (χ3v) is 11.1. The van der Waals surface area contributed by atoms with Gasteiger partial charge in [0.1, 0.15) is 21.8 Å². The van der Waals surface area contributed by atoms with E-state index in [2.05, 4.69) is 11.1 Å².